The maximum atomic E-state index is 3.74. The van der Waals surface area contributed by atoms with Gasteiger partial charge in [0.25, 0.3) is 0 Å². The number of aryl methyl sites for hydroxylation is 1. The Hall–Kier alpha value is -0.795. The van der Waals surface area contributed by atoms with E-state index in [9.17, 15) is 0 Å². The summed E-state index contributed by atoms with van der Waals surface area (Å²) in [6.45, 7) is 2.56. The van der Waals surface area contributed by atoms with Crippen molar-refractivity contribution in [3.05, 3.63) is 29.8 Å². The van der Waals surface area contributed by atoms with Crippen LogP contribution in [0.4, 0.5) is 0 Å². The van der Waals surface area contributed by atoms with Gasteiger partial charge in [-0.3, -0.25) is 0 Å². The van der Waals surface area contributed by atoms with Gasteiger partial charge in [-0.2, -0.15) is 0 Å². The number of rotatable bonds is 1. The molecule has 2 fully saturated rings. The normalized spacial score (nSPS) is 29.2. The lowest BCUT2D eigenvalue weighted by Gasteiger charge is -2.24. The van der Waals surface area contributed by atoms with E-state index >= 15 is 0 Å². The molecule has 2 nitrogen and oxygen atoms in total. The highest BCUT2D eigenvalue weighted by Gasteiger charge is 2.38. The zero-order chi connectivity index (χ0) is 11.0. The molecule has 0 spiro atoms. The molecule has 0 amide bonds. The van der Waals surface area contributed by atoms with E-state index in [2.05, 4.69) is 41.6 Å². The van der Waals surface area contributed by atoms with Crippen molar-refractivity contribution in [2.75, 3.05) is 0 Å². The fourth-order valence-corrected chi connectivity index (χ4v) is 3.10. The Bertz CT molecular complexity index is 366. The standard InChI is InChI=1S/C13H19BN2/c1-10-6-2-3-7-11(10)14-15-12-8-4-5-9-13(12)16-14/h2-3,6-7,12-13,15-16H,4-5,8-9H2,1H3/t12-,13-/m1/s1. The summed E-state index contributed by atoms with van der Waals surface area (Å²) in [6, 6.07) is 10.1. The van der Waals surface area contributed by atoms with Crippen molar-refractivity contribution in [3.63, 3.8) is 0 Å². The monoisotopic (exact) mass is 214 g/mol. The van der Waals surface area contributed by atoms with Crippen LogP contribution in [0.15, 0.2) is 24.3 Å². The topological polar surface area (TPSA) is 24.1 Å². The molecule has 2 atom stereocenters. The van der Waals surface area contributed by atoms with Gasteiger partial charge in [-0.15, -0.1) is 0 Å². The number of fused-ring (bicyclic) bond motifs is 1. The number of nitrogens with one attached hydrogen (secondary N) is 2. The van der Waals surface area contributed by atoms with E-state index in [0.717, 1.165) is 0 Å². The maximum Gasteiger partial charge on any atom is 0.341 e. The SMILES string of the molecule is Cc1ccccc1B1N[C@@H]2CCCC[C@H]2N1. The lowest BCUT2D eigenvalue weighted by atomic mass is 9.67. The van der Waals surface area contributed by atoms with E-state index < -0.39 is 0 Å². The van der Waals surface area contributed by atoms with Gasteiger partial charge in [-0.1, -0.05) is 42.7 Å². The van der Waals surface area contributed by atoms with Crippen LogP contribution in [0.3, 0.4) is 0 Å². The molecule has 0 bridgehead atoms. The third-order valence-electron chi connectivity index (χ3n) is 4.03. The van der Waals surface area contributed by atoms with Crippen molar-refractivity contribution in [2.45, 2.75) is 44.7 Å². The number of hydrogen-bond acceptors (Lipinski definition) is 2. The van der Waals surface area contributed by atoms with E-state index in [1.807, 2.05) is 0 Å². The van der Waals surface area contributed by atoms with Crippen LogP contribution in [0.1, 0.15) is 31.2 Å². The van der Waals surface area contributed by atoms with E-state index in [0.29, 0.717) is 19.1 Å². The van der Waals surface area contributed by atoms with Crippen molar-refractivity contribution >= 4 is 12.4 Å². The second kappa shape index (κ2) is 4.23. The lowest BCUT2D eigenvalue weighted by Crippen LogP contribution is -2.51. The molecule has 3 rings (SSSR count). The first-order chi connectivity index (χ1) is 7.84. The Balaban J connectivity index is 1.80. The third kappa shape index (κ3) is 1.78. The summed E-state index contributed by atoms with van der Waals surface area (Å²) in [6.07, 6.45) is 5.44. The zero-order valence-electron chi connectivity index (χ0n) is 9.87. The quantitative estimate of drug-likeness (QED) is 0.686. The first kappa shape index (κ1) is 10.4. The van der Waals surface area contributed by atoms with Crippen LogP contribution in [0, 0.1) is 6.92 Å². The Morgan fingerprint density at radius 1 is 1.06 bits per heavy atom. The van der Waals surface area contributed by atoms with Gasteiger partial charge in [0.05, 0.1) is 0 Å². The van der Waals surface area contributed by atoms with Gasteiger partial charge >= 0.3 is 6.98 Å². The molecule has 3 heteroatoms. The van der Waals surface area contributed by atoms with Gasteiger partial charge in [0.15, 0.2) is 0 Å². The van der Waals surface area contributed by atoms with Gasteiger partial charge < -0.3 is 10.5 Å². The summed E-state index contributed by atoms with van der Waals surface area (Å²) in [7, 11) is 0. The molecule has 2 aliphatic rings. The van der Waals surface area contributed by atoms with Crippen molar-refractivity contribution in [3.8, 4) is 0 Å². The highest BCUT2D eigenvalue weighted by molar-refractivity contribution is 6.69. The molecule has 1 aliphatic carbocycles. The molecule has 0 aromatic heterocycles. The molecule has 1 aliphatic heterocycles. The third-order valence-corrected chi connectivity index (χ3v) is 4.03. The van der Waals surface area contributed by atoms with Gasteiger partial charge in [0, 0.05) is 12.1 Å². The molecule has 1 heterocycles. The molecule has 84 valence electrons. The van der Waals surface area contributed by atoms with Crippen LogP contribution in [0.5, 0.6) is 0 Å². The minimum atomic E-state index is 0.370. The van der Waals surface area contributed by atoms with Crippen molar-refractivity contribution in [1.29, 1.82) is 0 Å². The number of hydrogen-bond donors (Lipinski definition) is 2. The second-order valence-corrected chi connectivity index (χ2v) is 5.12. The molecule has 16 heavy (non-hydrogen) atoms. The van der Waals surface area contributed by atoms with Crippen LogP contribution < -0.4 is 15.9 Å². The van der Waals surface area contributed by atoms with Gasteiger partial charge in [0.2, 0.25) is 0 Å². The summed E-state index contributed by atoms with van der Waals surface area (Å²) in [5.74, 6) is 0. The van der Waals surface area contributed by atoms with Crippen molar-refractivity contribution < 1.29 is 0 Å². The Kier molecular flexibility index (Phi) is 2.74. The van der Waals surface area contributed by atoms with Crippen LogP contribution >= 0.6 is 0 Å². The lowest BCUT2D eigenvalue weighted by molar-refractivity contribution is 0.374. The van der Waals surface area contributed by atoms with E-state index in [4.69, 9.17) is 0 Å². The summed E-state index contributed by atoms with van der Waals surface area (Å²) < 4.78 is 0. The van der Waals surface area contributed by atoms with Gasteiger partial charge in [0.1, 0.15) is 0 Å². The Labute approximate surface area is 97.9 Å². The highest BCUT2D eigenvalue weighted by atomic mass is 15.1. The van der Waals surface area contributed by atoms with E-state index in [1.54, 1.807) is 0 Å². The van der Waals surface area contributed by atoms with Gasteiger partial charge in [-0.05, 0) is 25.2 Å². The molecule has 1 saturated heterocycles. The van der Waals surface area contributed by atoms with Crippen LogP contribution in [-0.2, 0) is 0 Å². The maximum absolute atomic E-state index is 3.74. The first-order valence-corrected chi connectivity index (χ1v) is 6.42. The summed E-state index contributed by atoms with van der Waals surface area (Å²) >= 11 is 0. The molecule has 1 aromatic rings. The smallest absolute Gasteiger partial charge is 0.334 e. The highest BCUT2D eigenvalue weighted by Crippen LogP contribution is 2.21. The predicted octanol–water partition coefficient (Wildman–Crippen LogP) is 1.19. The Morgan fingerprint density at radius 2 is 1.69 bits per heavy atom. The molecular formula is C13H19BN2. The average molecular weight is 214 g/mol. The second-order valence-electron chi connectivity index (χ2n) is 5.12. The van der Waals surface area contributed by atoms with Crippen LogP contribution in [0.2, 0.25) is 0 Å². The van der Waals surface area contributed by atoms with Crippen LogP contribution in [-0.4, -0.2) is 19.1 Å². The molecular weight excluding hydrogens is 195 g/mol. The number of benzene rings is 1. The van der Waals surface area contributed by atoms with Gasteiger partial charge in [-0.25, -0.2) is 0 Å². The first-order valence-electron chi connectivity index (χ1n) is 6.42. The van der Waals surface area contributed by atoms with Crippen molar-refractivity contribution in [2.24, 2.45) is 0 Å². The minimum Gasteiger partial charge on any atom is -0.334 e. The molecule has 0 radical (unpaired) electrons. The van der Waals surface area contributed by atoms with E-state index in [-0.39, 0.29) is 0 Å². The predicted molar refractivity (Wildman–Crippen MR) is 68.9 cm³/mol. The van der Waals surface area contributed by atoms with Crippen molar-refractivity contribution in [1.82, 2.24) is 10.5 Å². The van der Waals surface area contributed by atoms with Crippen LogP contribution in [0.25, 0.3) is 0 Å². The Morgan fingerprint density at radius 3 is 2.31 bits per heavy atom. The fraction of sp³-hybridized carbons (Fsp3) is 0.538. The summed E-state index contributed by atoms with van der Waals surface area (Å²) in [5, 5.41) is 7.48. The largest absolute Gasteiger partial charge is 0.341 e. The molecule has 0 unspecified atom stereocenters. The fourth-order valence-electron chi connectivity index (χ4n) is 3.10. The molecule has 1 aromatic carbocycles. The molecule has 2 N–H and O–H groups in total. The summed E-state index contributed by atoms with van der Waals surface area (Å²) in [5.41, 5.74) is 2.79. The average Bonchev–Trinajstić information content (AvgIpc) is 2.73. The molecule has 1 saturated carbocycles. The zero-order valence-corrected chi connectivity index (χ0v) is 9.87. The summed E-state index contributed by atoms with van der Waals surface area (Å²) in [4.78, 5) is 0. The minimum absolute atomic E-state index is 0.370. The van der Waals surface area contributed by atoms with E-state index in [1.165, 1.54) is 36.7 Å².